The fourth-order valence-corrected chi connectivity index (χ4v) is 6.05. The highest BCUT2D eigenvalue weighted by atomic mass is 35.5. The number of anilines is 1. The lowest BCUT2D eigenvalue weighted by Crippen LogP contribution is -2.51. The van der Waals surface area contributed by atoms with Crippen molar-refractivity contribution in [1.29, 1.82) is 0 Å². The van der Waals surface area contributed by atoms with E-state index < -0.39 is 46.0 Å². The molecule has 3 aromatic rings. The Kier molecular flexibility index (Phi) is 6.08. The minimum atomic E-state index is -1.71. The summed E-state index contributed by atoms with van der Waals surface area (Å²) in [4.78, 5) is 41.3. The molecule has 5 rings (SSSR count). The molecule has 3 aromatic carbocycles. The first-order chi connectivity index (χ1) is 17.9. The van der Waals surface area contributed by atoms with Gasteiger partial charge in [0, 0.05) is 9.95 Å². The molecule has 0 aromatic heterocycles. The van der Waals surface area contributed by atoms with Gasteiger partial charge in [0.15, 0.2) is 0 Å². The van der Waals surface area contributed by atoms with Crippen LogP contribution in [0.4, 0.5) is 10.5 Å². The molecule has 2 amide bonds. The number of halogens is 1. The summed E-state index contributed by atoms with van der Waals surface area (Å²) in [6.07, 6.45) is -2.39. The van der Waals surface area contributed by atoms with Crippen molar-refractivity contribution in [3.05, 3.63) is 110 Å². The number of ether oxygens (including phenoxy) is 1. The first-order valence-corrected chi connectivity index (χ1v) is 12.6. The minimum absolute atomic E-state index is 0.289. The van der Waals surface area contributed by atoms with Crippen LogP contribution in [0.15, 0.2) is 66.7 Å². The number of aliphatic hydroxyl groups is 1. The minimum Gasteiger partial charge on any atom is -0.443 e. The molecule has 4 atom stereocenters. The van der Waals surface area contributed by atoms with E-state index in [0.29, 0.717) is 21.7 Å². The van der Waals surface area contributed by atoms with Gasteiger partial charge in [-0.25, -0.2) is 9.69 Å². The predicted molar refractivity (Wildman–Crippen MR) is 142 cm³/mol. The quantitative estimate of drug-likeness (QED) is 0.341. The van der Waals surface area contributed by atoms with Crippen LogP contribution in [0.25, 0.3) is 0 Å². The number of fused-ring (bicyclic) bond motifs is 2. The number of aryl methyl sites for hydroxylation is 1. The maximum absolute atomic E-state index is 14.8. The number of rotatable bonds is 3. The molecule has 0 saturated heterocycles. The fraction of sp³-hybridized carbons (Fsp3) is 0.310. The number of aliphatic hydroxyl groups excluding tert-OH is 1. The summed E-state index contributed by atoms with van der Waals surface area (Å²) in [5.74, 6) is -1.83. The molecular formula is C29H27ClN2O6. The number of amides is 2. The lowest BCUT2D eigenvalue weighted by atomic mass is 9.63. The summed E-state index contributed by atoms with van der Waals surface area (Å²) in [5.41, 5.74) is 0.110. The largest absolute Gasteiger partial charge is 0.443 e. The van der Waals surface area contributed by atoms with E-state index in [4.69, 9.17) is 16.3 Å². The predicted octanol–water partition coefficient (Wildman–Crippen LogP) is 5.69. The van der Waals surface area contributed by atoms with E-state index in [1.165, 1.54) is 6.07 Å². The molecule has 0 saturated carbocycles. The molecule has 196 valence electrons. The molecule has 2 aliphatic rings. The fourth-order valence-electron chi connectivity index (χ4n) is 5.87. The maximum atomic E-state index is 14.8. The van der Waals surface area contributed by atoms with Gasteiger partial charge in [0.25, 0.3) is 11.9 Å². The molecule has 0 fully saturated rings. The third kappa shape index (κ3) is 3.78. The highest BCUT2D eigenvalue weighted by molar-refractivity contribution is 6.30. The molecule has 1 heterocycles. The van der Waals surface area contributed by atoms with E-state index in [0.717, 1.165) is 10.5 Å². The van der Waals surface area contributed by atoms with E-state index >= 15 is 0 Å². The highest BCUT2D eigenvalue weighted by Crippen LogP contribution is 2.60. The standard InChI is InChI=1S/C29H27ClN2O6/c1-16-10-13-22-21(14-16)29(17-8-6-5-7-9-17,26(34)31(22)27(35)38-28(2,3)4)23-19-12-11-18(30)15-20(19)25(33)24(23)32(36)37/h5-15,23-25,33H,1-4H3/t23-,24-,25+,29+/m0/s1. The van der Waals surface area contributed by atoms with Crippen LogP contribution in [0.2, 0.25) is 5.02 Å². The van der Waals surface area contributed by atoms with E-state index in [1.807, 2.05) is 6.92 Å². The van der Waals surface area contributed by atoms with E-state index in [1.54, 1.807) is 81.4 Å². The number of imide groups is 1. The topological polar surface area (TPSA) is 110 Å². The van der Waals surface area contributed by atoms with Crippen LogP contribution < -0.4 is 4.90 Å². The van der Waals surface area contributed by atoms with Crippen molar-refractivity contribution in [3.63, 3.8) is 0 Å². The van der Waals surface area contributed by atoms with Crippen LogP contribution in [0, 0.1) is 17.0 Å². The molecular weight excluding hydrogens is 508 g/mol. The highest BCUT2D eigenvalue weighted by Gasteiger charge is 2.67. The second-order valence-corrected chi connectivity index (χ2v) is 11.2. The third-order valence-corrected chi connectivity index (χ3v) is 7.48. The smallest absolute Gasteiger partial charge is 0.421 e. The average Bonchev–Trinajstić information content (AvgIpc) is 3.26. The lowest BCUT2D eigenvalue weighted by molar-refractivity contribution is -0.538. The number of carbonyl (C=O) groups is 2. The second kappa shape index (κ2) is 8.92. The Balaban J connectivity index is 1.88. The van der Waals surface area contributed by atoms with Gasteiger partial charge in [0.05, 0.1) is 11.6 Å². The van der Waals surface area contributed by atoms with Crippen molar-refractivity contribution in [2.24, 2.45) is 0 Å². The zero-order valence-corrected chi connectivity index (χ0v) is 22.1. The van der Waals surface area contributed by atoms with Gasteiger partial charge in [-0.2, -0.15) is 0 Å². The van der Waals surface area contributed by atoms with Gasteiger partial charge in [-0.3, -0.25) is 14.9 Å². The van der Waals surface area contributed by atoms with Gasteiger partial charge in [-0.15, -0.1) is 0 Å². The molecule has 0 unspecified atom stereocenters. The molecule has 0 bridgehead atoms. The Morgan fingerprint density at radius 2 is 1.76 bits per heavy atom. The summed E-state index contributed by atoms with van der Waals surface area (Å²) < 4.78 is 5.62. The van der Waals surface area contributed by atoms with Gasteiger partial charge in [0.1, 0.15) is 17.1 Å². The number of nitro groups is 1. The van der Waals surface area contributed by atoms with E-state index in [-0.39, 0.29) is 11.3 Å². The van der Waals surface area contributed by atoms with E-state index in [2.05, 4.69) is 0 Å². The van der Waals surface area contributed by atoms with Gasteiger partial charge in [0.2, 0.25) is 0 Å². The van der Waals surface area contributed by atoms with Crippen molar-refractivity contribution in [3.8, 4) is 0 Å². The normalized spacial score (nSPS) is 24.2. The molecule has 1 aliphatic carbocycles. The molecule has 1 aliphatic heterocycles. The van der Waals surface area contributed by atoms with Crippen LogP contribution >= 0.6 is 11.6 Å². The van der Waals surface area contributed by atoms with Crippen LogP contribution in [0.1, 0.15) is 60.6 Å². The Bertz CT molecular complexity index is 1470. The Morgan fingerprint density at radius 1 is 1.08 bits per heavy atom. The lowest BCUT2D eigenvalue weighted by Gasteiger charge is -2.36. The van der Waals surface area contributed by atoms with Crippen molar-refractivity contribution in [2.45, 2.75) is 56.8 Å². The number of nitrogens with zero attached hydrogens (tertiary/aromatic N) is 2. The number of hydrogen-bond acceptors (Lipinski definition) is 6. The molecule has 38 heavy (non-hydrogen) atoms. The Morgan fingerprint density at radius 3 is 2.39 bits per heavy atom. The number of benzene rings is 3. The summed E-state index contributed by atoms with van der Waals surface area (Å²) >= 11 is 6.21. The number of hydrogen-bond donors (Lipinski definition) is 1. The average molecular weight is 535 g/mol. The summed E-state index contributed by atoms with van der Waals surface area (Å²) in [7, 11) is 0. The zero-order chi connectivity index (χ0) is 27.6. The molecule has 1 N–H and O–H groups in total. The summed E-state index contributed by atoms with van der Waals surface area (Å²) in [6, 6.07) is 17.0. The van der Waals surface area contributed by atoms with Crippen molar-refractivity contribution >= 4 is 29.3 Å². The summed E-state index contributed by atoms with van der Waals surface area (Å²) in [5, 5.41) is 24.1. The summed E-state index contributed by atoms with van der Waals surface area (Å²) in [6.45, 7) is 6.94. The third-order valence-electron chi connectivity index (χ3n) is 7.24. The van der Waals surface area contributed by atoms with Crippen LogP contribution in [0.3, 0.4) is 0 Å². The number of carbonyl (C=O) groups excluding carboxylic acids is 2. The first kappa shape index (κ1) is 25.9. The monoisotopic (exact) mass is 534 g/mol. The van der Waals surface area contributed by atoms with Gasteiger partial charge < -0.3 is 9.84 Å². The van der Waals surface area contributed by atoms with Gasteiger partial charge in [-0.05, 0) is 68.1 Å². The van der Waals surface area contributed by atoms with Crippen molar-refractivity contribution in [1.82, 2.24) is 0 Å². The van der Waals surface area contributed by atoms with Crippen LogP contribution in [-0.2, 0) is 14.9 Å². The first-order valence-electron chi connectivity index (χ1n) is 12.2. The second-order valence-electron chi connectivity index (χ2n) is 10.8. The van der Waals surface area contributed by atoms with Gasteiger partial charge in [-0.1, -0.05) is 65.7 Å². The molecule has 8 nitrogen and oxygen atoms in total. The zero-order valence-electron chi connectivity index (χ0n) is 21.3. The SMILES string of the molecule is Cc1ccc2c(c1)[C@](c1ccccc1)([C@H]1c3ccc(Cl)cc3[C@@H](O)[C@H]1[N+](=O)[O-])C(=O)N2C(=O)OC(C)(C)C. The van der Waals surface area contributed by atoms with Gasteiger partial charge >= 0.3 is 6.09 Å². The van der Waals surface area contributed by atoms with Crippen LogP contribution in [-0.4, -0.2) is 33.7 Å². The van der Waals surface area contributed by atoms with Crippen LogP contribution in [0.5, 0.6) is 0 Å². The van der Waals surface area contributed by atoms with E-state index in [9.17, 15) is 24.8 Å². The van der Waals surface area contributed by atoms with Crippen molar-refractivity contribution in [2.75, 3.05) is 4.90 Å². The Labute approximate surface area is 224 Å². The van der Waals surface area contributed by atoms with Crippen molar-refractivity contribution < 1.29 is 24.4 Å². The molecule has 9 heteroatoms. The molecule has 0 radical (unpaired) electrons. The maximum Gasteiger partial charge on any atom is 0.421 e. The Hall–Kier alpha value is -3.75. The molecule has 0 spiro atoms.